The smallest absolute Gasteiger partial charge is 0.319 e. The predicted molar refractivity (Wildman–Crippen MR) is 89.2 cm³/mol. The number of carbonyl (C=O) groups excluding carboxylic acids is 2. The first-order valence-corrected chi connectivity index (χ1v) is 7.55. The number of hydrogen-bond donors (Lipinski definition) is 4. The molecule has 1 rings (SSSR count). The third-order valence-corrected chi connectivity index (χ3v) is 4.13. The monoisotopic (exact) mass is 337 g/mol. The number of methoxy groups -OCH3 is 1. The highest BCUT2D eigenvalue weighted by molar-refractivity contribution is 5.96. The zero-order valence-corrected chi connectivity index (χ0v) is 14.0. The molecule has 5 N–H and O–H groups in total. The topological polar surface area (TPSA) is 131 Å². The molecule has 24 heavy (non-hydrogen) atoms. The van der Waals surface area contributed by atoms with Crippen molar-refractivity contribution in [3.05, 3.63) is 23.8 Å². The molecule has 0 unspecified atom stereocenters. The molecular formula is C16H23N3O5. The largest absolute Gasteiger partial charge is 0.495 e. The number of rotatable bonds is 8. The van der Waals surface area contributed by atoms with Gasteiger partial charge in [-0.15, -0.1) is 0 Å². The summed E-state index contributed by atoms with van der Waals surface area (Å²) < 4.78 is 5.12. The maximum Gasteiger partial charge on any atom is 0.319 e. The molecule has 0 bridgehead atoms. The molecule has 0 heterocycles. The van der Waals surface area contributed by atoms with Gasteiger partial charge in [0, 0.05) is 12.1 Å². The normalized spacial score (nSPS) is 10.8. The van der Waals surface area contributed by atoms with Gasteiger partial charge in [0.05, 0.1) is 18.2 Å². The molecule has 0 fully saturated rings. The van der Waals surface area contributed by atoms with Crippen LogP contribution in [0.2, 0.25) is 0 Å². The molecule has 0 atom stereocenters. The fraction of sp³-hybridized carbons (Fsp3) is 0.438. The molecule has 0 aliphatic heterocycles. The summed E-state index contributed by atoms with van der Waals surface area (Å²) in [6, 6.07) is 3.80. The molecule has 8 nitrogen and oxygen atoms in total. The summed E-state index contributed by atoms with van der Waals surface area (Å²) in [5, 5.41) is 14.5. The number of benzene rings is 1. The van der Waals surface area contributed by atoms with E-state index in [1.54, 1.807) is 13.8 Å². The Morgan fingerprint density at radius 2 is 1.88 bits per heavy atom. The third kappa shape index (κ3) is 4.37. The molecule has 1 aromatic carbocycles. The van der Waals surface area contributed by atoms with E-state index in [4.69, 9.17) is 10.5 Å². The van der Waals surface area contributed by atoms with Crippen LogP contribution in [-0.2, 0) is 4.79 Å². The number of hydrogen-bond acceptors (Lipinski definition) is 4. The van der Waals surface area contributed by atoms with Crippen molar-refractivity contribution in [1.82, 2.24) is 5.32 Å². The number of urea groups is 1. The Balaban J connectivity index is 2.81. The van der Waals surface area contributed by atoms with Crippen molar-refractivity contribution >= 4 is 23.6 Å². The molecule has 0 aliphatic rings. The van der Waals surface area contributed by atoms with E-state index in [-0.39, 0.29) is 17.9 Å². The number of carbonyl (C=O) groups is 3. The first kappa shape index (κ1) is 19.3. The van der Waals surface area contributed by atoms with Gasteiger partial charge >= 0.3 is 12.0 Å². The number of amides is 3. The zero-order valence-electron chi connectivity index (χ0n) is 14.0. The zero-order chi connectivity index (χ0) is 18.3. The van der Waals surface area contributed by atoms with Crippen LogP contribution in [0.15, 0.2) is 18.2 Å². The van der Waals surface area contributed by atoms with Crippen LogP contribution in [0.1, 0.15) is 37.0 Å². The fourth-order valence-electron chi connectivity index (χ4n) is 2.24. The minimum atomic E-state index is -1.00. The summed E-state index contributed by atoms with van der Waals surface area (Å²) in [5.41, 5.74) is 4.78. The quantitative estimate of drug-likeness (QED) is 0.574. The van der Waals surface area contributed by atoms with Crippen molar-refractivity contribution in [3.63, 3.8) is 0 Å². The van der Waals surface area contributed by atoms with Crippen molar-refractivity contribution in [2.24, 2.45) is 11.1 Å². The van der Waals surface area contributed by atoms with E-state index in [1.165, 1.54) is 25.3 Å². The molecule has 0 saturated heterocycles. The standard InChI is InChI=1S/C16H23N3O5/c1-4-16(5-2,14(21)22)9-18-15(23)19-11-7-6-10(13(17)20)8-12(11)24-3/h6-8H,4-5,9H2,1-3H3,(H2,17,20)(H,21,22)(H2,18,19,23). The molecule has 3 amide bonds. The first-order valence-electron chi connectivity index (χ1n) is 7.55. The lowest BCUT2D eigenvalue weighted by Gasteiger charge is -2.26. The van der Waals surface area contributed by atoms with E-state index in [0.717, 1.165) is 0 Å². The molecule has 0 aromatic heterocycles. The lowest BCUT2D eigenvalue weighted by Crippen LogP contribution is -2.43. The van der Waals surface area contributed by atoms with Gasteiger partial charge in [0.1, 0.15) is 5.75 Å². The number of nitrogens with two attached hydrogens (primary N) is 1. The van der Waals surface area contributed by atoms with Gasteiger partial charge in [0.2, 0.25) is 5.91 Å². The van der Waals surface area contributed by atoms with Crippen LogP contribution in [0.4, 0.5) is 10.5 Å². The van der Waals surface area contributed by atoms with Crippen molar-refractivity contribution in [1.29, 1.82) is 0 Å². The van der Waals surface area contributed by atoms with Crippen molar-refractivity contribution in [2.75, 3.05) is 19.0 Å². The molecule has 8 heteroatoms. The van der Waals surface area contributed by atoms with E-state index in [9.17, 15) is 19.5 Å². The Labute approximate surface area is 140 Å². The van der Waals surface area contributed by atoms with Gasteiger partial charge in [0.15, 0.2) is 0 Å². The average Bonchev–Trinajstić information content (AvgIpc) is 2.56. The summed E-state index contributed by atoms with van der Waals surface area (Å²) in [7, 11) is 1.40. The Morgan fingerprint density at radius 1 is 1.25 bits per heavy atom. The number of nitrogens with one attached hydrogen (secondary N) is 2. The van der Waals surface area contributed by atoms with Crippen molar-refractivity contribution in [3.8, 4) is 5.75 Å². The fourth-order valence-corrected chi connectivity index (χ4v) is 2.24. The van der Waals surface area contributed by atoms with Crippen molar-refractivity contribution < 1.29 is 24.2 Å². The van der Waals surface area contributed by atoms with Crippen molar-refractivity contribution in [2.45, 2.75) is 26.7 Å². The second-order valence-corrected chi connectivity index (χ2v) is 5.38. The van der Waals surface area contributed by atoms with Gasteiger partial charge in [-0.2, -0.15) is 0 Å². The van der Waals surface area contributed by atoms with Crippen LogP contribution in [-0.4, -0.2) is 36.7 Å². The molecule has 0 aliphatic carbocycles. The number of primary amides is 1. The van der Waals surface area contributed by atoms with Crippen LogP contribution in [0, 0.1) is 5.41 Å². The second kappa shape index (κ2) is 8.19. The van der Waals surface area contributed by atoms with E-state index < -0.39 is 23.3 Å². The Kier molecular flexibility index (Phi) is 6.58. The van der Waals surface area contributed by atoms with E-state index in [1.807, 2.05) is 0 Å². The van der Waals surface area contributed by atoms with Gasteiger partial charge in [-0.25, -0.2) is 4.79 Å². The minimum absolute atomic E-state index is 0.00283. The number of aliphatic carboxylic acids is 1. The highest BCUT2D eigenvalue weighted by atomic mass is 16.5. The molecule has 0 radical (unpaired) electrons. The van der Waals surface area contributed by atoms with Gasteiger partial charge in [-0.1, -0.05) is 13.8 Å². The van der Waals surface area contributed by atoms with E-state index in [2.05, 4.69) is 10.6 Å². The number of carboxylic acid groups (broad SMARTS) is 1. The van der Waals surface area contributed by atoms with E-state index in [0.29, 0.717) is 18.5 Å². The van der Waals surface area contributed by atoms with Crippen LogP contribution >= 0.6 is 0 Å². The van der Waals surface area contributed by atoms with Gasteiger partial charge in [0.25, 0.3) is 0 Å². The van der Waals surface area contributed by atoms with Crippen LogP contribution in [0.3, 0.4) is 0 Å². The Morgan fingerprint density at radius 3 is 2.33 bits per heavy atom. The molecular weight excluding hydrogens is 314 g/mol. The molecule has 0 saturated carbocycles. The summed E-state index contributed by atoms with van der Waals surface area (Å²) in [5.74, 6) is -1.28. The van der Waals surface area contributed by atoms with E-state index >= 15 is 0 Å². The summed E-state index contributed by atoms with van der Waals surface area (Å²) in [6.07, 6.45) is 0.797. The lowest BCUT2D eigenvalue weighted by atomic mass is 9.82. The lowest BCUT2D eigenvalue weighted by molar-refractivity contribution is -0.149. The average molecular weight is 337 g/mol. The summed E-state index contributed by atoms with van der Waals surface area (Å²) in [6.45, 7) is 3.54. The Hall–Kier alpha value is -2.77. The van der Waals surface area contributed by atoms with Crippen LogP contribution in [0.25, 0.3) is 0 Å². The molecule has 0 spiro atoms. The Bertz CT molecular complexity index is 626. The highest BCUT2D eigenvalue weighted by Gasteiger charge is 2.35. The number of ether oxygens (including phenoxy) is 1. The maximum atomic E-state index is 12.0. The van der Waals surface area contributed by atoms with Gasteiger partial charge in [-0.3, -0.25) is 9.59 Å². The SMILES string of the molecule is CCC(CC)(CNC(=O)Nc1ccc(C(N)=O)cc1OC)C(=O)O. The maximum absolute atomic E-state index is 12.0. The first-order chi connectivity index (χ1) is 11.3. The molecule has 1 aromatic rings. The third-order valence-electron chi connectivity index (χ3n) is 4.13. The minimum Gasteiger partial charge on any atom is -0.495 e. The van der Waals surface area contributed by atoms with Crippen LogP contribution in [0.5, 0.6) is 5.75 Å². The predicted octanol–water partition coefficient (Wildman–Crippen LogP) is 1.81. The second-order valence-electron chi connectivity index (χ2n) is 5.38. The molecule has 132 valence electrons. The highest BCUT2D eigenvalue weighted by Crippen LogP contribution is 2.27. The van der Waals surface area contributed by atoms with Gasteiger partial charge in [-0.05, 0) is 31.0 Å². The summed E-state index contributed by atoms with van der Waals surface area (Å²) in [4.78, 5) is 34.6. The number of anilines is 1. The van der Waals surface area contributed by atoms with Gasteiger partial charge < -0.3 is 26.2 Å². The van der Waals surface area contributed by atoms with Crippen LogP contribution < -0.4 is 21.1 Å². The summed E-state index contributed by atoms with van der Waals surface area (Å²) >= 11 is 0. The number of carboxylic acids is 1.